The molecule has 0 radical (unpaired) electrons. The lowest BCUT2D eigenvalue weighted by Crippen LogP contribution is -2.21. The summed E-state index contributed by atoms with van der Waals surface area (Å²) in [6.45, 7) is 6.60. The van der Waals surface area contributed by atoms with Crippen molar-refractivity contribution in [3.05, 3.63) is 24.4 Å². The highest BCUT2D eigenvalue weighted by atomic mass is 14.9. The second kappa shape index (κ2) is 3.12. The van der Waals surface area contributed by atoms with Crippen LogP contribution in [0.2, 0.25) is 0 Å². The van der Waals surface area contributed by atoms with E-state index in [2.05, 4.69) is 50.5 Å². The number of nitrogens with one attached hydrogen (secondary N) is 1. The van der Waals surface area contributed by atoms with Crippen LogP contribution in [-0.2, 0) is 0 Å². The maximum Gasteiger partial charge on any atom is 0.0261 e. The van der Waals surface area contributed by atoms with Crippen LogP contribution in [0.15, 0.2) is 24.4 Å². The molecule has 0 aliphatic carbocycles. The van der Waals surface area contributed by atoms with Gasteiger partial charge >= 0.3 is 0 Å². The minimum absolute atomic E-state index is 0.215. The third-order valence-corrected chi connectivity index (χ3v) is 1.93. The van der Waals surface area contributed by atoms with Crippen LogP contribution < -0.4 is 5.32 Å². The fourth-order valence-corrected chi connectivity index (χ4v) is 1.13. The Labute approximate surface area is 69.2 Å². The molecule has 1 rings (SSSR count). The molecule has 62 valence electrons. The van der Waals surface area contributed by atoms with Gasteiger partial charge in [-0.05, 0) is 19.5 Å². The van der Waals surface area contributed by atoms with Crippen LogP contribution in [0, 0.1) is 5.41 Å². The molecule has 0 amide bonds. The van der Waals surface area contributed by atoms with Gasteiger partial charge in [0.05, 0.1) is 0 Å². The van der Waals surface area contributed by atoms with Gasteiger partial charge < -0.3 is 5.32 Å². The lowest BCUT2D eigenvalue weighted by molar-refractivity contribution is 0.578. The normalized spacial score (nSPS) is 34.6. The zero-order valence-corrected chi connectivity index (χ0v) is 7.59. The van der Waals surface area contributed by atoms with E-state index in [-0.39, 0.29) is 5.41 Å². The highest BCUT2D eigenvalue weighted by Gasteiger charge is 2.10. The zero-order chi connectivity index (χ0) is 8.32. The summed E-state index contributed by atoms with van der Waals surface area (Å²) in [5.74, 6) is 0. The number of rotatable bonds is 0. The third kappa shape index (κ3) is 2.79. The van der Waals surface area contributed by atoms with Crippen molar-refractivity contribution >= 4 is 0 Å². The second-order valence-corrected chi connectivity index (χ2v) is 3.86. The molecule has 0 aromatic rings. The minimum Gasteiger partial charge on any atom is -0.388 e. The highest BCUT2D eigenvalue weighted by molar-refractivity contribution is 5.09. The van der Waals surface area contributed by atoms with Crippen molar-refractivity contribution in [1.82, 2.24) is 5.32 Å². The summed E-state index contributed by atoms with van der Waals surface area (Å²) in [6.07, 6.45) is 9.89. The quantitative estimate of drug-likeness (QED) is 0.524. The third-order valence-electron chi connectivity index (χ3n) is 1.93. The van der Waals surface area contributed by atoms with Gasteiger partial charge in [0.15, 0.2) is 0 Å². The van der Waals surface area contributed by atoms with Crippen molar-refractivity contribution in [2.45, 2.75) is 33.2 Å². The van der Waals surface area contributed by atoms with Crippen molar-refractivity contribution in [2.75, 3.05) is 0 Å². The summed E-state index contributed by atoms with van der Waals surface area (Å²) in [5, 5.41) is 3.31. The van der Waals surface area contributed by atoms with Crippen LogP contribution in [0.25, 0.3) is 0 Å². The SMILES string of the molecule is CC1C/C=C/C(C)(C)/C=C\N1. The van der Waals surface area contributed by atoms with Gasteiger partial charge in [-0.15, -0.1) is 0 Å². The van der Waals surface area contributed by atoms with E-state index >= 15 is 0 Å². The molecule has 11 heavy (non-hydrogen) atoms. The molecule has 1 aliphatic rings. The molecule has 0 spiro atoms. The van der Waals surface area contributed by atoms with Gasteiger partial charge in [0, 0.05) is 11.5 Å². The molecule has 1 aliphatic heterocycles. The van der Waals surface area contributed by atoms with Gasteiger partial charge in [-0.1, -0.05) is 32.1 Å². The van der Waals surface area contributed by atoms with Crippen LogP contribution in [0.3, 0.4) is 0 Å². The first-order valence-corrected chi connectivity index (χ1v) is 4.22. The van der Waals surface area contributed by atoms with E-state index < -0.39 is 0 Å². The van der Waals surface area contributed by atoms with Crippen molar-refractivity contribution in [3.63, 3.8) is 0 Å². The predicted molar refractivity (Wildman–Crippen MR) is 49.3 cm³/mol. The highest BCUT2D eigenvalue weighted by Crippen LogP contribution is 2.20. The largest absolute Gasteiger partial charge is 0.388 e. The molecule has 0 fully saturated rings. The first kappa shape index (κ1) is 8.38. The fraction of sp³-hybridized carbons (Fsp3) is 0.600. The topological polar surface area (TPSA) is 12.0 Å². The molecular weight excluding hydrogens is 134 g/mol. The Bertz CT molecular complexity index is 159. The number of hydrogen-bond acceptors (Lipinski definition) is 1. The monoisotopic (exact) mass is 151 g/mol. The van der Waals surface area contributed by atoms with Crippen LogP contribution in [0.1, 0.15) is 27.2 Å². The second-order valence-electron chi connectivity index (χ2n) is 3.86. The first-order chi connectivity index (χ1) is 5.10. The summed E-state index contributed by atoms with van der Waals surface area (Å²) < 4.78 is 0. The summed E-state index contributed by atoms with van der Waals surface area (Å²) in [6, 6.07) is 0.568. The molecule has 1 heteroatoms. The molecule has 0 saturated carbocycles. The molecule has 0 aromatic heterocycles. The maximum absolute atomic E-state index is 3.31. The summed E-state index contributed by atoms with van der Waals surface area (Å²) in [7, 11) is 0. The molecule has 0 saturated heterocycles. The van der Waals surface area contributed by atoms with Crippen molar-refractivity contribution in [2.24, 2.45) is 5.41 Å². The molecule has 1 N–H and O–H groups in total. The minimum atomic E-state index is 0.215. The predicted octanol–water partition coefficient (Wildman–Crippen LogP) is 2.46. The Morgan fingerprint density at radius 1 is 1.36 bits per heavy atom. The lowest BCUT2D eigenvalue weighted by Gasteiger charge is -2.19. The summed E-state index contributed by atoms with van der Waals surface area (Å²) in [5.41, 5.74) is 0.215. The zero-order valence-electron chi connectivity index (χ0n) is 7.59. The van der Waals surface area contributed by atoms with Crippen LogP contribution >= 0.6 is 0 Å². The van der Waals surface area contributed by atoms with E-state index in [0.29, 0.717) is 6.04 Å². The van der Waals surface area contributed by atoms with Crippen molar-refractivity contribution < 1.29 is 0 Å². The molecule has 1 heterocycles. The summed E-state index contributed by atoms with van der Waals surface area (Å²) >= 11 is 0. The summed E-state index contributed by atoms with van der Waals surface area (Å²) in [4.78, 5) is 0. The van der Waals surface area contributed by atoms with Crippen LogP contribution in [0.5, 0.6) is 0 Å². The van der Waals surface area contributed by atoms with E-state index in [0.717, 1.165) is 6.42 Å². The first-order valence-electron chi connectivity index (χ1n) is 4.22. The van der Waals surface area contributed by atoms with Crippen LogP contribution in [-0.4, -0.2) is 6.04 Å². The Morgan fingerprint density at radius 2 is 2.09 bits per heavy atom. The van der Waals surface area contributed by atoms with E-state index in [1.165, 1.54) is 0 Å². The number of allylic oxidation sites excluding steroid dienone is 2. The molecule has 1 unspecified atom stereocenters. The smallest absolute Gasteiger partial charge is 0.0261 e. The standard InChI is InChI=1S/C10H17N/c1-9-5-4-6-10(2,3)7-8-11-9/h4,6-9,11H,5H2,1-3H3/b6-4+,8-7-. The van der Waals surface area contributed by atoms with Crippen LogP contribution in [0.4, 0.5) is 0 Å². The Balaban J connectivity index is 2.65. The van der Waals surface area contributed by atoms with E-state index in [1.54, 1.807) is 0 Å². The van der Waals surface area contributed by atoms with Gasteiger partial charge in [-0.2, -0.15) is 0 Å². The molecule has 0 bridgehead atoms. The van der Waals surface area contributed by atoms with Gasteiger partial charge in [0.2, 0.25) is 0 Å². The van der Waals surface area contributed by atoms with Gasteiger partial charge in [0.25, 0.3) is 0 Å². The average molecular weight is 151 g/mol. The van der Waals surface area contributed by atoms with Gasteiger partial charge in [-0.25, -0.2) is 0 Å². The lowest BCUT2D eigenvalue weighted by atomic mass is 9.91. The van der Waals surface area contributed by atoms with Crippen molar-refractivity contribution in [1.29, 1.82) is 0 Å². The van der Waals surface area contributed by atoms with E-state index in [1.807, 2.05) is 0 Å². The Hall–Kier alpha value is -0.720. The average Bonchev–Trinajstić information content (AvgIpc) is 1.83. The maximum atomic E-state index is 3.31. The van der Waals surface area contributed by atoms with E-state index in [4.69, 9.17) is 0 Å². The van der Waals surface area contributed by atoms with E-state index in [9.17, 15) is 0 Å². The van der Waals surface area contributed by atoms with Gasteiger partial charge in [0.1, 0.15) is 0 Å². The fourth-order valence-electron chi connectivity index (χ4n) is 1.13. The molecular formula is C10H17N. The van der Waals surface area contributed by atoms with Crippen molar-refractivity contribution in [3.8, 4) is 0 Å². The van der Waals surface area contributed by atoms with Gasteiger partial charge in [-0.3, -0.25) is 0 Å². The molecule has 1 nitrogen and oxygen atoms in total. The molecule has 0 aromatic carbocycles. The Kier molecular flexibility index (Phi) is 2.38. The number of hydrogen-bond donors (Lipinski definition) is 1. The Morgan fingerprint density at radius 3 is 2.82 bits per heavy atom. The molecule has 1 atom stereocenters.